The number of rotatable bonds is 2. The van der Waals surface area contributed by atoms with E-state index in [9.17, 15) is 9.90 Å². The number of hydrogen-bond donors (Lipinski definition) is 2. The number of aromatic nitrogens is 2. The lowest BCUT2D eigenvalue weighted by molar-refractivity contribution is 0.0987. The normalized spacial score (nSPS) is 11.8. The third-order valence-electron chi connectivity index (χ3n) is 4.13. The third kappa shape index (κ3) is 2.62. The van der Waals surface area contributed by atoms with Gasteiger partial charge in [-0.1, -0.05) is 34.1 Å². The highest BCUT2D eigenvalue weighted by Gasteiger charge is 2.15. The van der Waals surface area contributed by atoms with E-state index in [2.05, 4.69) is 31.1 Å². The van der Waals surface area contributed by atoms with E-state index in [1.165, 1.54) is 0 Å². The number of fused-ring (bicyclic) bond motifs is 2. The Kier molecular flexibility index (Phi) is 3.65. The van der Waals surface area contributed by atoms with Crippen molar-refractivity contribution >= 4 is 49.3 Å². The van der Waals surface area contributed by atoms with E-state index in [4.69, 9.17) is 0 Å². The van der Waals surface area contributed by atoms with Gasteiger partial charge in [-0.05, 0) is 30.3 Å². The van der Waals surface area contributed by atoms with Crippen molar-refractivity contribution in [3.63, 3.8) is 0 Å². The summed E-state index contributed by atoms with van der Waals surface area (Å²) in [6, 6.07) is 15.0. The van der Waals surface area contributed by atoms with E-state index in [1.54, 1.807) is 16.7 Å². The van der Waals surface area contributed by atoms with Crippen molar-refractivity contribution < 1.29 is 9.90 Å². The topological polar surface area (TPSA) is 82.7 Å². The van der Waals surface area contributed by atoms with E-state index in [0.29, 0.717) is 16.6 Å². The van der Waals surface area contributed by atoms with Gasteiger partial charge in [0.2, 0.25) is 5.88 Å². The predicted octanol–water partition coefficient (Wildman–Crippen LogP) is 5.05. The Morgan fingerprint density at radius 3 is 2.80 bits per heavy atom. The Bertz CT molecular complexity index is 1160. The average Bonchev–Trinajstić information content (AvgIpc) is 3.10. The molecule has 0 bridgehead atoms. The average molecular weight is 397 g/mol. The van der Waals surface area contributed by atoms with Crippen molar-refractivity contribution in [3.8, 4) is 5.88 Å². The summed E-state index contributed by atoms with van der Waals surface area (Å²) in [6.45, 7) is 0. The molecule has 0 saturated heterocycles. The van der Waals surface area contributed by atoms with Gasteiger partial charge in [-0.2, -0.15) is 0 Å². The number of azo groups is 1. The molecule has 2 aromatic carbocycles. The first kappa shape index (κ1) is 15.6. The second-order valence-electron chi connectivity index (χ2n) is 5.66. The third-order valence-corrected chi connectivity index (χ3v) is 4.62. The first-order valence-electron chi connectivity index (χ1n) is 7.55. The quantitative estimate of drug-likeness (QED) is 0.464. The molecule has 2 N–H and O–H groups in total. The molecule has 25 heavy (non-hydrogen) atoms. The second kappa shape index (κ2) is 5.86. The molecule has 0 radical (unpaired) electrons. The lowest BCUT2D eigenvalue weighted by Gasteiger charge is -1.99. The zero-order valence-electron chi connectivity index (χ0n) is 13.2. The zero-order valence-corrected chi connectivity index (χ0v) is 14.8. The van der Waals surface area contributed by atoms with Gasteiger partial charge in [0.1, 0.15) is 5.69 Å². The van der Waals surface area contributed by atoms with Crippen molar-refractivity contribution in [2.45, 2.75) is 0 Å². The molecule has 0 unspecified atom stereocenters. The second-order valence-corrected chi connectivity index (χ2v) is 6.58. The lowest BCUT2D eigenvalue weighted by Crippen LogP contribution is -2.02. The fourth-order valence-corrected chi connectivity index (χ4v) is 3.24. The van der Waals surface area contributed by atoms with Crippen molar-refractivity contribution in [2.24, 2.45) is 17.3 Å². The van der Waals surface area contributed by atoms with E-state index in [0.717, 1.165) is 15.4 Å². The van der Waals surface area contributed by atoms with E-state index in [-0.39, 0.29) is 11.6 Å². The van der Waals surface area contributed by atoms with Crippen LogP contribution in [-0.2, 0) is 7.05 Å². The molecule has 0 aliphatic heterocycles. The molecular weight excluding hydrogens is 384 g/mol. The summed E-state index contributed by atoms with van der Waals surface area (Å²) in [5.74, 6) is -0.593. The number of H-pyrrole nitrogens is 1. The van der Waals surface area contributed by atoms with Crippen LogP contribution in [0, 0.1) is 0 Å². The summed E-state index contributed by atoms with van der Waals surface area (Å²) in [7, 11) is 1.81. The van der Waals surface area contributed by atoms with Gasteiger partial charge < -0.3 is 14.7 Å². The molecule has 0 spiro atoms. The molecule has 124 valence electrons. The molecule has 0 saturated carbocycles. The van der Waals surface area contributed by atoms with E-state index >= 15 is 0 Å². The molecule has 2 aromatic heterocycles. The SMILES string of the molecule is Cn1c(C(=O)N=Nc2c(O)[nH]c3ccc(Br)cc23)cc2ccccc21. The number of nitrogens with one attached hydrogen (secondary N) is 1. The molecule has 1 amide bonds. The van der Waals surface area contributed by atoms with Gasteiger partial charge in [0.25, 0.3) is 0 Å². The maximum Gasteiger partial charge on any atom is 0.312 e. The fourth-order valence-electron chi connectivity index (χ4n) is 2.88. The monoisotopic (exact) mass is 396 g/mol. The van der Waals surface area contributed by atoms with Crippen LogP contribution in [-0.4, -0.2) is 20.6 Å². The van der Waals surface area contributed by atoms with Crippen LogP contribution in [0.2, 0.25) is 0 Å². The van der Waals surface area contributed by atoms with Gasteiger partial charge in [0.05, 0.1) is 5.52 Å². The van der Waals surface area contributed by atoms with Crippen LogP contribution in [0.4, 0.5) is 5.69 Å². The Morgan fingerprint density at radius 1 is 1.20 bits per heavy atom. The Balaban J connectivity index is 1.74. The smallest absolute Gasteiger partial charge is 0.312 e. The molecule has 0 fully saturated rings. The van der Waals surface area contributed by atoms with Crippen LogP contribution in [0.3, 0.4) is 0 Å². The van der Waals surface area contributed by atoms with Crippen molar-refractivity contribution in [1.82, 2.24) is 9.55 Å². The highest BCUT2D eigenvalue weighted by Crippen LogP contribution is 2.37. The molecule has 0 atom stereocenters. The number of para-hydroxylation sites is 1. The van der Waals surface area contributed by atoms with Gasteiger partial charge in [0, 0.05) is 27.8 Å². The summed E-state index contributed by atoms with van der Waals surface area (Å²) < 4.78 is 2.62. The summed E-state index contributed by atoms with van der Waals surface area (Å²) in [5, 5.41) is 19.5. The van der Waals surface area contributed by atoms with Crippen LogP contribution in [0.15, 0.2) is 63.2 Å². The highest BCUT2D eigenvalue weighted by atomic mass is 79.9. The molecule has 0 aliphatic rings. The number of hydrogen-bond acceptors (Lipinski definition) is 3. The number of benzene rings is 2. The Labute approximate surface area is 150 Å². The minimum atomic E-state index is -0.470. The van der Waals surface area contributed by atoms with Crippen molar-refractivity contribution in [3.05, 3.63) is 58.7 Å². The lowest BCUT2D eigenvalue weighted by atomic mass is 10.2. The Morgan fingerprint density at radius 2 is 2.00 bits per heavy atom. The van der Waals surface area contributed by atoms with E-state index < -0.39 is 5.91 Å². The standard InChI is InChI=1S/C18H13BrN4O2/c1-23-14-5-3-2-4-10(14)8-15(23)17(24)22-21-16-12-9-11(19)6-7-13(12)20-18(16)25/h2-9,20,25H,1H3. The van der Waals surface area contributed by atoms with Crippen molar-refractivity contribution in [2.75, 3.05) is 0 Å². The van der Waals surface area contributed by atoms with Crippen LogP contribution in [0.1, 0.15) is 10.5 Å². The van der Waals surface area contributed by atoms with Gasteiger partial charge in [-0.3, -0.25) is 4.79 Å². The zero-order chi connectivity index (χ0) is 17.6. The number of aryl methyl sites for hydroxylation is 1. The number of halogens is 1. The number of carbonyl (C=O) groups is 1. The summed E-state index contributed by atoms with van der Waals surface area (Å²) in [4.78, 5) is 15.3. The molecule has 4 rings (SSSR count). The first-order chi connectivity index (χ1) is 12.0. The number of carbonyl (C=O) groups excluding carboxylic acids is 1. The first-order valence-corrected chi connectivity index (χ1v) is 8.34. The van der Waals surface area contributed by atoms with Gasteiger partial charge in [-0.15, -0.1) is 10.2 Å². The summed E-state index contributed by atoms with van der Waals surface area (Å²) in [6.07, 6.45) is 0. The largest absolute Gasteiger partial charge is 0.493 e. The molecule has 4 aromatic rings. The maximum atomic E-state index is 12.5. The van der Waals surface area contributed by atoms with Crippen LogP contribution in [0.5, 0.6) is 5.88 Å². The van der Waals surface area contributed by atoms with Crippen LogP contribution >= 0.6 is 15.9 Å². The Hall–Kier alpha value is -2.93. The van der Waals surface area contributed by atoms with Crippen LogP contribution < -0.4 is 0 Å². The van der Waals surface area contributed by atoms with Gasteiger partial charge in [-0.25, -0.2) is 0 Å². The number of aromatic amines is 1. The summed E-state index contributed by atoms with van der Waals surface area (Å²) >= 11 is 3.38. The molecule has 2 heterocycles. The van der Waals surface area contributed by atoms with Gasteiger partial charge >= 0.3 is 5.91 Å². The van der Waals surface area contributed by atoms with Crippen molar-refractivity contribution in [1.29, 1.82) is 0 Å². The number of nitrogens with zero attached hydrogens (tertiary/aromatic N) is 3. The number of aromatic hydroxyl groups is 1. The van der Waals surface area contributed by atoms with E-state index in [1.807, 2.05) is 43.4 Å². The number of amides is 1. The predicted molar refractivity (Wildman–Crippen MR) is 99.4 cm³/mol. The summed E-state index contributed by atoms with van der Waals surface area (Å²) in [5.41, 5.74) is 2.33. The molecule has 7 heteroatoms. The fraction of sp³-hybridized carbons (Fsp3) is 0.0556. The van der Waals surface area contributed by atoms with Gasteiger partial charge in [0.15, 0.2) is 5.69 Å². The van der Waals surface area contributed by atoms with Crippen LogP contribution in [0.25, 0.3) is 21.8 Å². The highest BCUT2D eigenvalue weighted by molar-refractivity contribution is 9.10. The minimum Gasteiger partial charge on any atom is -0.493 e. The maximum absolute atomic E-state index is 12.5. The molecular formula is C18H13BrN4O2. The molecule has 0 aliphatic carbocycles. The minimum absolute atomic E-state index is 0.123. The molecule has 6 nitrogen and oxygen atoms in total.